The van der Waals surface area contributed by atoms with Crippen LogP contribution in [-0.2, 0) is 19.2 Å². The molecule has 0 amide bonds. The van der Waals surface area contributed by atoms with Crippen LogP contribution < -0.4 is 5.32 Å². The fraction of sp³-hybridized carbons (Fsp3) is 0.944. The van der Waals surface area contributed by atoms with Crippen LogP contribution in [0.2, 0.25) is 0 Å². The van der Waals surface area contributed by atoms with E-state index in [0.717, 1.165) is 96.7 Å². The third-order valence-electron chi connectivity index (χ3n) is 8.24. The van der Waals surface area contributed by atoms with E-state index in [0.29, 0.717) is 13.0 Å². The molecule has 0 radical (unpaired) electrons. The SMILES string of the molecule is CCCCCCCCCN(CCCCCCCCOC(=O)C(CCCC)CCCCCCCC)OC(=O)CCCNC. The number of rotatable bonds is 33. The van der Waals surface area contributed by atoms with Crippen molar-refractivity contribution in [1.82, 2.24) is 10.4 Å². The predicted molar refractivity (Wildman–Crippen MR) is 178 cm³/mol. The number of hydrogen-bond donors (Lipinski definition) is 1. The van der Waals surface area contributed by atoms with Gasteiger partial charge in [-0.25, -0.2) is 0 Å². The van der Waals surface area contributed by atoms with E-state index in [-0.39, 0.29) is 17.9 Å². The van der Waals surface area contributed by atoms with E-state index in [4.69, 9.17) is 9.57 Å². The first-order valence-electron chi connectivity index (χ1n) is 18.4. The highest BCUT2D eigenvalue weighted by molar-refractivity contribution is 5.72. The van der Waals surface area contributed by atoms with Gasteiger partial charge in [-0.3, -0.25) is 9.59 Å². The lowest BCUT2D eigenvalue weighted by molar-refractivity contribution is -0.191. The summed E-state index contributed by atoms with van der Waals surface area (Å²) < 4.78 is 5.70. The third kappa shape index (κ3) is 27.7. The zero-order chi connectivity index (χ0) is 30.9. The molecule has 0 aliphatic rings. The molecule has 6 heteroatoms. The molecular formula is C36H72N2O4. The Labute approximate surface area is 261 Å². The smallest absolute Gasteiger partial charge is 0.325 e. The van der Waals surface area contributed by atoms with Gasteiger partial charge in [0.15, 0.2) is 0 Å². The van der Waals surface area contributed by atoms with Crippen molar-refractivity contribution >= 4 is 11.9 Å². The lowest BCUT2D eigenvalue weighted by atomic mass is 9.95. The first-order chi connectivity index (χ1) is 20.6. The number of hydrogen-bond acceptors (Lipinski definition) is 6. The topological polar surface area (TPSA) is 67.9 Å². The Morgan fingerprint density at radius 2 is 1.07 bits per heavy atom. The maximum atomic E-state index is 12.7. The van der Waals surface area contributed by atoms with Crippen molar-refractivity contribution in [2.75, 3.05) is 33.3 Å². The summed E-state index contributed by atoms with van der Waals surface area (Å²) >= 11 is 0. The second kappa shape index (κ2) is 32.8. The van der Waals surface area contributed by atoms with Crippen LogP contribution in [0, 0.1) is 5.92 Å². The number of carbonyl (C=O) groups is 2. The normalized spacial score (nSPS) is 12.1. The van der Waals surface area contributed by atoms with Gasteiger partial charge in [-0.2, -0.15) is 0 Å². The third-order valence-corrected chi connectivity index (χ3v) is 8.24. The Bertz CT molecular complexity index is 587. The van der Waals surface area contributed by atoms with Crippen LogP contribution in [-0.4, -0.2) is 50.3 Å². The highest BCUT2D eigenvalue weighted by Gasteiger charge is 2.19. The monoisotopic (exact) mass is 597 g/mol. The van der Waals surface area contributed by atoms with E-state index in [1.807, 2.05) is 12.1 Å². The lowest BCUT2D eigenvalue weighted by Crippen LogP contribution is -2.30. The maximum Gasteiger partial charge on any atom is 0.325 e. The summed E-state index contributed by atoms with van der Waals surface area (Å²) in [5.41, 5.74) is 0. The number of nitrogens with zero attached hydrogens (tertiary/aromatic N) is 1. The summed E-state index contributed by atoms with van der Waals surface area (Å²) in [6.07, 6.45) is 28.5. The fourth-order valence-corrected chi connectivity index (χ4v) is 5.44. The van der Waals surface area contributed by atoms with Crippen LogP contribution in [0.1, 0.15) is 181 Å². The van der Waals surface area contributed by atoms with Gasteiger partial charge in [-0.15, -0.1) is 5.06 Å². The van der Waals surface area contributed by atoms with E-state index in [1.54, 1.807) is 0 Å². The maximum absolute atomic E-state index is 12.7. The van der Waals surface area contributed by atoms with Crippen LogP contribution in [0.3, 0.4) is 0 Å². The number of carbonyl (C=O) groups excluding carboxylic acids is 2. The number of ether oxygens (including phenoxy) is 1. The zero-order valence-electron chi connectivity index (χ0n) is 28.7. The molecular weight excluding hydrogens is 524 g/mol. The summed E-state index contributed by atoms with van der Waals surface area (Å²) in [6, 6.07) is 0. The van der Waals surface area contributed by atoms with Crippen molar-refractivity contribution in [2.24, 2.45) is 5.92 Å². The Hall–Kier alpha value is -1.14. The van der Waals surface area contributed by atoms with E-state index in [2.05, 4.69) is 26.1 Å². The van der Waals surface area contributed by atoms with Gasteiger partial charge < -0.3 is 14.9 Å². The van der Waals surface area contributed by atoms with Crippen LogP contribution in [0.15, 0.2) is 0 Å². The minimum absolute atomic E-state index is 0.0403. The van der Waals surface area contributed by atoms with E-state index in [9.17, 15) is 9.59 Å². The lowest BCUT2D eigenvalue weighted by Gasteiger charge is -2.21. The predicted octanol–water partition coefficient (Wildman–Crippen LogP) is 9.94. The molecule has 0 aliphatic carbocycles. The van der Waals surface area contributed by atoms with Crippen LogP contribution >= 0.6 is 0 Å². The molecule has 0 saturated heterocycles. The molecule has 0 heterocycles. The molecule has 42 heavy (non-hydrogen) atoms. The molecule has 1 unspecified atom stereocenters. The molecule has 0 saturated carbocycles. The van der Waals surface area contributed by atoms with Gasteiger partial charge in [0.2, 0.25) is 0 Å². The standard InChI is InChI=1S/C36H72N2O4/c1-5-8-11-13-15-19-23-31-38(42-35(39)29-26-30-37-4)32-24-20-16-17-21-25-33-41-36(40)34(27-10-7-3)28-22-18-14-12-9-6-2/h34,37H,5-33H2,1-4H3. The molecule has 6 nitrogen and oxygen atoms in total. The summed E-state index contributed by atoms with van der Waals surface area (Å²) in [6.45, 7) is 9.76. The molecule has 0 aromatic carbocycles. The molecule has 0 aromatic rings. The summed E-state index contributed by atoms with van der Waals surface area (Å²) in [5.74, 6) is 0.0303. The number of nitrogens with one attached hydrogen (secondary N) is 1. The first-order valence-corrected chi connectivity index (χ1v) is 18.4. The molecule has 0 aromatic heterocycles. The minimum Gasteiger partial charge on any atom is -0.465 e. The first kappa shape index (κ1) is 40.9. The zero-order valence-corrected chi connectivity index (χ0v) is 28.7. The second-order valence-electron chi connectivity index (χ2n) is 12.4. The van der Waals surface area contributed by atoms with Crippen molar-refractivity contribution in [2.45, 2.75) is 181 Å². The van der Waals surface area contributed by atoms with Gasteiger partial charge in [-0.05, 0) is 52.1 Å². The molecule has 1 atom stereocenters. The van der Waals surface area contributed by atoms with E-state index >= 15 is 0 Å². The Kier molecular flexibility index (Phi) is 31.9. The van der Waals surface area contributed by atoms with E-state index < -0.39 is 0 Å². The molecule has 0 fully saturated rings. The molecule has 250 valence electrons. The highest BCUT2D eigenvalue weighted by atomic mass is 16.7. The fourth-order valence-electron chi connectivity index (χ4n) is 5.44. The largest absolute Gasteiger partial charge is 0.465 e. The van der Waals surface area contributed by atoms with Crippen LogP contribution in [0.5, 0.6) is 0 Å². The van der Waals surface area contributed by atoms with Crippen molar-refractivity contribution < 1.29 is 19.2 Å². The minimum atomic E-state index is -0.105. The van der Waals surface area contributed by atoms with Crippen molar-refractivity contribution in [3.63, 3.8) is 0 Å². The van der Waals surface area contributed by atoms with Crippen molar-refractivity contribution in [1.29, 1.82) is 0 Å². The van der Waals surface area contributed by atoms with Gasteiger partial charge in [-0.1, -0.05) is 136 Å². The average molecular weight is 597 g/mol. The average Bonchev–Trinajstić information content (AvgIpc) is 2.98. The number of hydroxylamine groups is 2. The van der Waals surface area contributed by atoms with Gasteiger partial charge >= 0.3 is 11.9 Å². The molecule has 1 N–H and O–H groups in total. The molecule has 0 rings (SSSR count). The van der Waals surface area contributed by atoms with Gasteiger partial charge in [0.1, 0.15) is 0 Å². The Balaban J connectivity index is 4.12. The van der Waals surface area contributed by atoms with Crippen molar-refractivity contribution in [3.05, 3.63) is 0 Å². The molecule has 0 aliphatic heterocycles. The number of unbranched alkanes of at least 4 members (excludes halogenated alkanes) is 17. The highest BCUT2D eigenvalue weighted by Crippen LogP contribution is 2.20. The molecule has 0 spiro atoms. The summed E-state index contributed by atoms with van der Waals surface area (Å²) in [5, 5.41) is 5.02. The van der Waals surface area contributed by atoms with Gasteiger partial charge in [0, 0.05) is 19.5 Å². The second-order valence-corrected chi connectivity index (χ2v) is 12.4. The summed E-state index contributed by atoms with van der Waals surface area (Å²) in [7, 11) is 1.91. The van der Waals surface area contributed by atoms with Crippen molar-refractivity contribution in [3.8, 4) is 0 Å². The van der Waals surface area contributed by atoms with Gasteiger partial charge in [0.25, 0.3) is 0 Å². The van der Waals surface area contributed by atoms with E-state index in [1.165, 1.54) is 77.0 Å². The quantitative estimate of drug-likeness (QED) is 0.0462. The molecule has 0 bridgehead atoms. The van der Waals surface area contributed by atoms with Crippen LogP contribution in [0.4, 0.5) is 0 Å². The Morgan fingerprint density at radius 3 is 1.62 bits per heavy atom. The number of esters is 1. The van der Waals surface area contributed by atoms with Gasteiger partial charge in [0.05, 0.1) is 12.5 Å². The Morgan fingerprint density at radius 1 is 0.595 bits per heavy atom. The van der Waals surface area contributed by atoms with Crippen LogP contribution in [0.25, 0.3) is 0 Å². The summed E-state index contributed by atoms with van der Waals surface area (Å²) in [4.78, 5) is 30.7.